The average molecular weight is 462 g/mol. The summed E-state index contributed by atoms with van der Waals surface area (Å²) in [4.78, 5) is 26.6. The summed E-state index contributed by atoms with van der Waals surface area (Å²) in [5, 5.41) is 6.03. The number of carbonyl (C=O) groups excluding carboxylic acids is 2. The van der Waals surface area contributed by atoms with Crippen molar-refractivity contribution in [1.29, 1.82) is 0 Å². The van der Waals surface area contributed by atoms with Gasteiger partial charge in [0, 0.05) is 25.2 Å². The fraction of sp³-hybridized carbons (Fsp3) is 0.261. The van der Waals surface area contributed by atoms with E-state index in [1.54, 1.807) is 29.2 Å². The SMILES string of the molecule is CCN(CC)C(=O)c1ccc(CNC(=O)c2cnn(-c3ccccc3F)c2C(F)(F)F)cc1. The van der Waals surface area contributed by atoms with Crippen molar-refractivity contribution < 1.29 is 27.2 Å². The fourth-order valence-electron chi connectivity index (χ4n) is 3.33. The van der Waals surface area contributed by atoms with Crippen molar-refractivity contribution in [3.05, 3.63) is 82.9 Å². The van der Waals surface area contributed by atoms with Crippen LogP contribution in [0.5, 0.6) is 0 Å². The van der Waals surface area contributed by atoms with E-state index < -0.39 is 34.8 Å². The molecule has 33 heavy (non-hydrogen) atoms. The number of hydrogen-bond donors (Lipinski definition) is 1. The molecule has 0 bridgehead atoms. The minimum absolute atomic E-state index is 0.0687. The second-order valence-electron chi connectivity index (χ2n) is 7.12. The van der Waals surface area contributed by atoms with Crippen molar-refractivity contribution >= 4 is 11.8 Å². The fourth-order valence-corrected chi connectivity index (χ4v) is 3.33. The number of alkyl halides is 3. The van der Waals surface area contributed by atoms with Crippen molar-refractivity contribution in [2.45, 2.75) is 26.6 Å². The molecule has 3 rings (SSSR count). The largest absolute Gasteiger partial charge is 0.434 e. The van der Waals surface area contributed by atoms with Crippen LogP contribution in [-0.2, 0) is 12.7 Å². The van der Waals surface area contributed by atoms with Crippen LogP contribution in [0.3, 0.4) is 0 Å². The van der Waals surface area contributed by atoms with Gasteiger partial charge in [-0.3, -0.25) is 9.59 Å². The van der Waals surface area contributed by atoms with Gasteiger partial charge in [-0.05, 0) is 43.7 Å². The van der Waals surface area contributed by atoms with E-state index in [2.05, 4.69) is 10.4 Å². The molecule has 3 aromatic rings. The number of nitrogens with one attached hydrogen (secondary N) is 1. The van der Waals surface area contributed by atoms with E-state index in [0.29, 0.717) is 28.9 Å². The van der Waals surface area contributed by atoms with Gasteiger partial charge in [0.2, 0.25) is 0 Å². The Morgan fingerprint density at radius 3 is 2.24 bits per heavy atom. The summed E-state index contributed by atoms with van der Waals surface area (Å²) < 4.78 is 55.6. The molecule has 0 aliphatic carbocycles. The second kappa shape index (κ2) is 9.85. The van der Waals surface area contributed by atoms with Crippen molar-refractivity contribution in [1.82, 2.24) is 20.0 Å². The predicted octanol–water partition coefficient (Wildman–Crippen LogP) is 4.44. The summed E-state index contributed by atoms with van der Waals surface area (Å²) in [6.45, 7) is 4.80. The second-order valence-corrected chi connectivity index (χ2v) is 7.12. The lowest BCUT2D eigenvalue weighted by Gasteiger charge is -2.18. The van der Waals surface area contributed by atoms with Crippen molar-refractivity contribution in [3.8, 4) is 5.69 Å². The molecule has 0 aliphatic heterocycles. The maximum absolute atomic E-state index is 14.1. The van der Waals surface area contributed by atoms with Crippen molar-refractivity contribution in [2.24, 2.45) is 0 Å². The topological polar surface area (TPSA) is 67.2 Å². The van der Waals surface area contributed by atoms with Crippen LogP contribution in [-0.4, -0.2) is 39.6 Å². The standard InChI is InChI=1S/C23H22F4N4O2/c1-3-30(4-2)22(33)16-11-9-15(10-12-16)13-28-21(32)17-14-29-31(20(17)23(25,26)27)19-8-6-5-7-18(19)24/h5-12,14H,3-4,13H2,1-2H3,(H,28,32). The lowest BCUT2D eigenvalue weighted by atomic mass is 10.1. The van der Waals surface area contributed by atoms with Crippen LogP contribution in [0.1, 0.15) is 45.8 Å². The molecule has 1 aromatic heterocycles. The third-order valence-corrected chi connectivity index (χ3v) is 5.07. The summed E-state index contributed by atoms with van der Waals surface area (Å²) in [6.07, 6.45) is -4.19. The summed E-state index contributed by atoms with van der Waals surface area (Å²) in [5.74, 6) is -2.04. The molecule has 0 saturated heterocycles. The van der Waals surface area contributed by atoms with Gasteiger partial charge in [0.15, 0.2) is 5.69 Å². The van der Waals surface area contributed by atoms with Crippen LogP contribution in [0.4, 0.5) is 17.6 Å². The van der Waals surface area contributed by atoms with E-state index in [4.69, 9.17) is 0 Å². The summed E-state index contributed by atoms with van der Waals surface area (Å²) in [6, 6.07) is 11.3. The first-order valence-electron chi connectivity index (χ1n) is 10.2. The molecule has 174 valence electrons. The Labute approximate surface area is 187 Å². The molecular formula is C23H22F4N4O2. The highest BCUT2D eigenvalue weighted by Gasteiger charge is 2.41. The molecule has 0 saturated carbocycles. The number of nitrogens with zero attached hydrogens (tertiary/aromatic N) is 3. The summed E-state index contributed by atoms with van der Waals surface area (Å²) in [7, 11) is 0. The van der Waals surface area contributed by atoms with Crippen LogP contribution in [0.2, 0.25) is 0 Å². The van der Waals surface area contributed by atoms with Gasteiger partial charge in [0.1, 0.15) is 11.5 Å². The zero-order valence-electron chi connectivity index (χ0n) is 18.0. The van der Waals surface area contributed by atoms with Gasteiger partial charge in [-0.15, -0.1) is 0 Å². The van der Waals surface area contributed by atoms with Gasteiger partial charge < -0.3 is 10.2 Å². The summed E-state index contributed by atoms with van der Waals surface area (Å²) >= 11 is 0. The zero-order chi connectivity index (χ0) is 24.2. The van der Waals surface area contributed by atoms with E-state index in [1.807, 2.05) is 13.8 Å². The number of hydrogen-bond acceptors (Lipinski definition) is 3. The monoisotopic (exact) mass is 462 g/mol. The smallest absolute Gasteiger partial charge is 0.348 e. The number of rotatable bonds is 7. The quantitative estimate of drug-likeness (QED) is 0.528. The van der Waals surface area contributed by atoms with Crippen LogP contribution >= 0.6 is 0 Å². The Balaban J connectivity index is 1.79. The third kappa shape index (κ3) is 5.21. The average Bonchev–Trinajstić information content (AvgIpc) is 3.24. The van der Waals surface area contributed by atoms with Crippen molar-refractivity contribution in [3.63, 3.8) is 0 Å². The molecule has 0 atom stereocenters. The highest BCUT2D eigenvalue weighted by atomic mass is 19.4. The predicted molar refractivity (Wildman–Crippen MR) is 113 cm³/mol. The van der Waals surface area contributed by atoms with Crippen LogP contribution in [0, 0.1) is 5.82 Å². The molecule has 1 heterocycles. The van der Waals surface area contributed by atoms with Crippen LogP contribution < -0.4 is 5.32 Å². The normalized spacial score (nSPS) is 11.3. The van der Waals surface area contributed by atoms with Crippen molar-refractivity contribution in [2.75, 3.05) is 13.1 Å². The van der Waals surface area contributed by atoms with Gasteiger partial charge in [-0.1, -0.05) is 24.3 Å². The highest BCUT2D eigenvalue weighted by molar-refractivity contribution is 5.95. The molecule has 0 radical (unpaired) electrons. The maximum Gasteiger partial charge on any atom is 0.434 e. The molecule has 0 fully saturated rings. The number of carbonyl (C=O) groups is 2. The Bertz CT molecular complexity index is 1140. The van der Waals surface area contributed by atoms with Crippen LogP contribution in [0.25, 0.3) is 5.69 Å². The molecular weight excluding hydrogens is 440 g/mol. The lowest BCUT2D eigenvalue weighted by Crippen LogP contribution is -2.30. The Morgan fingerprint density at radius 1 is 1.03 bits per heavy atom. The number of amides is 2. The first-order valence-corrected chi connectivity index (χ1v) is 10.2. The lowest BCUT2D eigenvalue weighted by molar-refractivity contribution is -0.143. The Morgan fingerprint density at radius 2 is 1.67 bits per heavy atom. The Kier molecular flexibility index (Phi) is 7.15. The minimum atomic E-state index is -4.95. The van der Waals surface area contributed by atoms with Gasteiger partial charge in [0.25, 0.3) is 11.8 Å². The number of halogens is 4. The first kappa shape index (κ1) is 24.0. The van der Waals surface area contributed by atoms with Gasteiger partial charge in [-0.25, -0.2) is 9.07 Å². The zero-order valence-corrected chi connectivity index (χ0v) is 18.0. The van der Waals surface area contributed by atoms with E-state index in [9.17, 15) is 27.2 Å². The first-order chi connectivity index (χ1) is 15.7. The van der Waals surface area contributed by atoms with Gasteiger partial charge in [-0.2, -0.15) is 18.3 Å². The molecule has 0 aliphatic rings. The maximum atomic E-state index is 14.1. The van der Waals surface area contributed by atoms with E-state index >= 15 is 0 Å². The van der Waals surface area contributed by atoms with E-state index in [1.165, 1.54) is 12.1 Å². The van der Waals surface area contributed by atoms with Crippen LogP contribution in [0.15, 0.2) is 54.7 Å². The van der Waals surface area contributed by atoms with E-state index in [-0.39, 0.29) is 12.5 Å². The molecule has 2 amide bonds. The van der Waals surface area contributed by atoms with E-state index in [0.717, 1.165) is 18.3 Å². The highest BCUT2D eigenvalue weighted by Crippen LogP contribution is 2.34. The van der Waals surface area contributed by atoms with Gasteiger partial charge >= 0.3 is 6.18 Å². The third-order valence-electron chi connectivity index (χ3n) is 5.07. The van der Waals surface area contributed by atoms with Gasteiger partial charge in [0.05, 0.1) is 11.8 Å². The summed E-state index contributed by atoms with van der Waals surface area (Å²) in [5.41, 5.74) is -1.45. The minimum Gasteiger partial charge on any atom is -0.348 e. The molecule has 1 N–H and O–H groups in total. The number of para-hydroxylation sites is 1. The molecule has 0 spiro atoms. The number of aromatic nitrogens is 2. The molecule has 0 unspecified atom stereocenters. The Hall–Kier alpha value is -3.69. The molecule has 2 aromatic carbocycles. The molecule has 10 heteroatoms. The number of benzene rings is 2. The molecule has 6 nitrogen and oxygen atoms in total.